The van der Waals surface area contributed by atoms with Crippen LogP contribution in [0, 0.1) is 3.57 Å². The fraction of sp³-hybridized carbons (Fsp3) is 0. The summed E-state index contributed by atoms with van der Waals surface area (Å²) in [6, 6.07) is 5.59. The van der Waals surface area contributed by atoms with Crippen LogP contribution >= 0.6 is 38.5 Å². The summed E-state index contributed by atoms with van der Waals surface area (Å²) in [5.74, 6) is 0. The maximum atomic E-state index is 8.17. The van der Waals surface area contributed by atoms with Gasteiger partial charge in [-0.3, -0.25) is 0 Å². The first-order valence-corrected chi connectivity index (χ1v) is 4.61. The highest BCUT2D eigenvalue weighted by molar-refractivity contribution is 14.1. The van der Waals surface area contributed by atoms with Gasteiger partial charge in [0.05, 0.1) is 5.69 Å². The first-order valence-electron chi connectivity index (χ1n) is 2.74. The van der Waals surface area contributed by atoms with Gasteiger partial charge in [-0.15, -0.1) is 0 Å². The van der Waals surface area contributed by atoms with Crippen LogP contribution in [0.1, 0.15) is 0 Å². The molecule has 0 saturated heterocycles. The van der Waals surface area contributed by atoms with E-state index in [-0.39, 0.29) is 0 Å². The number of nitrogens with zero attached hydrogens (tertiary/aromatic N) is 3. The van der Waals surface area contributed by atoms with Crippen LogP contribution in [-0.4, -0.2) is 0 Å². The number of benzene rings is 1. The van der Waals surface area contributed by atoms with Crippen LogP contribution in [-0.2, 0) is 0 Å². The van der Waals surface area contributed by atoms with Crippen LogP contribution in [0.5, 0.6) is 0 Å². The Kier molecular flexibility index (Phi) is 3.16. The van der Waals surface area contributed by atoms with Gasteiger partial charge in [-0.1, -0.05) is 21.0 Å². The molecule has 0 fully saturated rings. The minimum atomic E-state index is 0.624. The Labute approximate surface area is 85.7 Å². The minimum Gasteiger partial charge on any atom is -0.0596 e. The highest BCUT2D eigenvalue weighted by Gasteiger charge is 1.96. The lowest BCUT2D eigenvalue weighted by molar-refractivity contribution is 1.43. The van der Waals surface area contributed by atoms with Crippen molar-refractivity contribution >= 4 is 44.2 Å². The standard InChI is InChI=1S/C6H3BrIN3/c7-5-2-1-4(8)3-6(5)10-11-9/h1-3H. The van der Waals surface area contributed by atoms with Gasteiger partial charge in [0.15, 0.2) is 0 Å². The molecule has 11 heavy (non-hydrogen) atoms. The van der Waals surface area contributed by atoms with Gasteiger partial charge in [-0.25, -0.2) is 0 Å². The van der Waals surface area contributed by atoms with Gasteiger partial charge in [0.1, 0.15) is 0 Å². The summed E-state index contributed by atoms with van der Waals surface area (Å²) in [6.07, 6.45) is 0. The summed E-state index contributed by atoms with van der Waals surface area (Å²) in [7, 11) is 0. The number of azide groups is 1. The second-order valence-corrected chi connectivity index (χ2v) is 3.89. The smallest absolute Gasteiger partial charge is 0.0527 e. The summed E-state index contributed by atoms with van der Waals surface area (Å²) in [5.41, 5.74) is 8.79. The molecule has 1 aromatic rings. The molecule has 0 spiro atoms. The lowest BCUT2D eigenvalue weighted by Crippen LogP contribution is -1.70. The van der Waals surface area contributed by atoms with Gasteiger partial charge in [0.25, 0.3) is 0 Å². The van der Waals surface area contributed by atoms with Crippen molar-refractivity contribution in [2.45, 2.75) is 0 Å². The van der Waals surface area contributed by atoms with Crippen LogP contribution < -0.4 is 0 Å². The third kappa shape index (κ3) is 2.36. The Bertz CT molecular complexity index is 320. The fourth-order valence-electron chi connectivity index (χ4n) is 0.611. The number of rotatable bonds is 1. The molecule has 0 N–H and O–H groups in total. The average molecular weight is 324 g/mol. The van der Waals surface area contributed by atoms with E-state index >= 15 is 0 Å². The second kappa shape index (κ2) is 3.94. The van der Waals surface area contributed by atoms with Crippen molar-refractivity contribution < 1.29 is 0 Å². The number of hydrogen-bond acceptors (Lipinski definition) is 1. The van der Waals surface area contributed by atoms with Crippen molar-refractivity contribution in [1.82, 2.24) is 0 Å². The fourth-order valence-corrected chi connectivity index (χ4v) is 1.41. The molecule has 0 aliphatic carbocycles. The Morgan fingerprint density at radius 1 is 1.55 bits per heavy atom. The SMILES string of the molecule is [N-]=[N+]=Nc1cc(I)ccc1Br. The first-order chi connectivity index (χ1) is 5.24. The molecule has 1 rings (SSSR count). The van der Waals surface area contributed by atoms with E-state index < -0.39 is 0 Å². The van der Waals surface area contributed by atoms with E-state index in [0.717, 1.165) is 8.04 Å². The van der Waals surface area contributed by atoms with Crippen molar-refractivity contribution in [2.24, 2.45) is 5.11 Å². The van der Waals surface area contributed by atoms with E-state index in [1.807, 2.05) is 18.2 Å². The van der Waals surface area contributed by atoms with Crippen LogP contribution in [0.15, 0.2) is 27.8 Å². The molecular formula is C6H3BrIN3. The molecule has 5 heteroatoms. The molecule has 1 aromatic carbocycles. The van der Waals surface area contributed by atoms with Gasteiger partial charge in [0, 0.05) is 13.0 Å². The predicted octanol–water partition coefficient (Wildman–Crippen LogP) is 4.00. The zero-order chi connectivity index (χ0) is 8.27. The molecule has 0 radical (unpaired) electrons. The topological polar surface area (TPSA) is 48.8 Å². The summed E-state index contributed by atoms with van der Waals surface area (Å²) in [6.45, 7) is 0. The average Bonchev–Trinajstić information content (AvgIpc) is 1.98. The molecule has 0 aliphatic heterocycles. The molecule has 0 unspecified atom stereocenters. The molecule has 56 valence electrons. The van der Waals surface area contributed by atoms with Crippen molar-refractivity contribution in [3.05, 3.63) is 36.7 Å². The van der Waals surface area contributed by atoms with E-state index in [1.165, 1.54) is 0 Å². The molecule has 0 atom stereocenters. The van der Waals surface area contributed by atoms with E-state index in [4.69, 9.17) is 5.53 Å². The van der Waals surface area contributed by atoms with E-state index in [9.17, 15) is 0 Å². The quantitative estimate of drug-likeness (QED) is 0.325. The van der Waals surface area contributed by atoms with Crippen molar-refractivity contribution in [3.63, 3.8) is 0 Å². The van der Waals surface area contributed by atoms with E-state index in [1.54, 1.807) is 0 Å². The molecule has 0 bridgehead atoms. The summed E-state index contributed by atoms with van der Waals surface area (Å²) in [5, 5.41) is 3.50. The van der Waals surface area contributed by atoms with Gasteiger partial charge in [-0.05, 0) is 46.3 Å². The highest BCUT2D eigenvalue weighted by Crippen LogP contribution is 2.26. The Morgan fingerprint density at radius 3 is 2.91 bits per heavy atom. The number of hydrogen-bond donors (Lipinski definition) is 0. The Balaban J connectivity index is 3.22. The van der Waals surface area contributed by atoms with Crippen molar-refractivity contribution in [1.29, 1.82) is 0 Å². The molecule has 0 aromatic heterocycles. The predicted molar refractivity (Wildman–Crippen MR) is 55.7 cm³/mol. The van der Waals surface area contributed by atoms with Crippen LogP contribution in [0.4, 0.5) is 5.69 Å². The summed E-state index contributed by atoms with van der Waals surface area (Å²) >= 11 is 5.42. The normalized spacial score (nSPS) is 8.91. The maximum absolute atomic E-state index is 8.17. The lowest BCUT2D eigenvalue weighted by Gasteiger charge is -1.95. The van der Waals surface area contributed by atoms with E-state index in [0.29, 0.717) is 5.69 Å². The monoisotopic (exact) mass is 323 g/mol. The Morgan fingerprint density at radius 2 is 2.27 bits per heavy atom. The molecule has 3 nitrogen and oxygen atoms in total. The van der Waals surface area contributed by atoms with Gasteiger partial charge in [0.2, 0.25) is 0 Å². The van der Waals surface area contributed by atoms with Crippen LogP contribution in [0.3, 0.4) is 0 Å². The third-order valence-electron chi connectivity index (χ3n) is 1.06. The minimum absolute atomic E-state index is 0.624. The highest BCUT2D eigenvalue weighted by atomic mass is 127. The third-order valence-corrected chi connectivity index (χ3v) is 2.40. The van der Waals surface area contributed by atoms with Crippen LogP contribution in [0.2, 0.25) is 0 Å². The van der Waals surface area contributed by atoms with Crippen molar-refractivity contribution in [3.8, 4) is 0 Å². The molecular weight excluding hydrogens is 321 g/mol. The molecule has 0 heterocycles. The van der Waals surface area contributed by atoms with Crippen molar-refractivity contribution in [2.75, 3.05) is 0 Å². The lowest BCUT2D eigenvalue weighted by atomic mass is 10.3. The largest absolute Gasteiger partial charge is 0.0596 e. The molecule has 0 saturated carbocycles. The maximum Gasteiger partial charge on any atom is 0.0527 e. The van der Waals surface area contributed by atoms with Crippen LogP contribution in [0.25, 0.3) is 10.4 Å². The zero-order valence-corrected chi connectivity index (χ0v) is 9.07. The van der Waals surface area contributed by atoms with Gasteiger partial charge >= 0.3 is 0 Å². The summed E-state index contributed by atoms with van der Waals surface area (Å²) < 4.78 is 1.86. The summed E-state index contributed by atoms with van der Waals surface area (Å²) in [4.78, 5) is 2.70. The zero-order valence-electron chi connectivity index (χ0n) is 5.33. The number of halogens is 2. The van der Waals surface area contributed by atoms with Gasteiger partial charge in [-0.2, -0.15) is 0 Å². The second-order valence-electron chi connectivity index (χ2n) is 1.79. The van der Waals surface area contributed by atoms with Gasteiger partial charge < -0.3 is 0 Å². The molecule has 0 amide bonds. The first kappa shape index (κ1) is 8.83. The molecule has 0 aliphatic rings. The Hall–Kier alpha value is -0.260. The van der Waals surface area contributed by atoms with E-state index in [2.05, 4.69) is 48.5 Å².